The first-order valence-electron chi connectivity index (χ1n) is 11.7. The minimum absolute atomic E-state index is 0.00430. The van der Waals surface area contributed by atoms with Crippen LogP contribution in [0.1, 0.15) is 37.5 Å². The zero-order valence-electron chi connectivity index (χ0n) is 20.2. The summed E-state index contributed by atoms with van der Waals surface area (Å²) in [5, 5.41) is 4.71. The number of aromatic nitrogens is 1. The molecule has 0 saturated carbocycles. The van der Waals surface area contributed by atoms with Gasteiger partial charge in [0.15, 0.2) is 5.58 Å². The average molecular weight is 446 g/mol. The predicted molar refractivity (Wildman–Crippen MR) is 140 cm³/mol. The van der Waals surface area contributed by atoms with Crippen LogP contribution in [0.4, 0.5) is 0 Å². The van der Waals surface area contributed by atoms with Crippen LogP contribution in [-0.2, 0) is 5.41 Å². The van der Waals surface area contributed by atoms with Gasteiger partial charge in [-0.1, -0.05) is 57.2 Å². The van der Waals surface area contributed by atoms with Crippen LogP contribution in [0.15, 0.2) is 82.0 Å². The summed E-state index contributed by atoms with van der Waals surface area (Å²) in [6, 6.07) is 21.4. The van der Waals surface area contributed by atoms with Crippen molar-refractivity contribution < 1.29 is 8.83 Å². The third-order valence-electron chi connectivity index (χ3n) is 6.83. The third-order valence-corrected chi connectivity index (χ3v) is 6.83. The van der Waals surface area contributed by atoms with E-state index in [4.69, 9.17) is 13.8 Å². The molecule has 0 aliphatic rings. The van der Waals surface area contributed by atoms with Gasteiger partial charge in [0.2, 0.25) is 0 Å². The van der Waals surface area contributed by atoms with E-state index in [1.54, 1.807) is 6.26 Å². The Morgan fingerprint density at radius 3 is 2.44 bits per heavy atom. The summed E-state index contributed by atoms with van der Waals surface area (Å²) in [5.41, 5.74) is 8.21. The summed E-state index contributed by atoms with van der Waals surface area (Å²) >= 11 is 0. The van der Waals surface area contributed by atoms with E-state index in [1.807, 2.05) is 12.3 Å². The van der Waals surface area contributed by atoms with Gasteiger partial charge in [-0.2, -0.15) is 0 Å². The molecule has 0 N–H and O–H groups in total. The molecule has 0 spiro atoms. The van der Waals surface area contributed by atoms with Crippen molar-refractivity contribution in [3.63, 3.8) is 0 Å². The standard InChI is InChI=1S/C31H27NO2/c1-18-17-33-27-16-21(10-11-23(18)27)29-19(2)24-12-13-32-28(30(24)34-29)22-14-20-8-6-7-9-25(20)26(15-22)31(3,4)5/h6-17H,1-5H3. The molecule has 0 atom stereocenters. The SMILES string of the molecule is Cc1coc2cc(-c3oc4c(-c5cc(C(C)(C)C)c6ccccc6c5)nccc4c3C)ccc12. The van der Waals surface area contributed by atoms with Gasteiger partial charge in [-0.3, -0.25) is 4.98 Å². The van der Waals surface area contributed by atoms with Crippen molar-refractivity contribution in [2.45, 2.75) is 40.0 Å². The van der Waals surface area contributed by atoms with Gasteiger partial charge in [-0.25, -0.2) is 0 Å². The largest absolute Gasteiger partial charge is 0.464 e. The molecule has 6 aromatic rings. The molecule has 3 heterocycles. The molecule has 0 radical (unpaired) electrons. The molecule has 0 amide bonds. The Labute approximate surface area is 199 Å². The summed E-state index contributed by atoms with van der Waals surface area (Å²) in [4.78, 5) is 4.80. The van der Waals surface area contributed by atoms with Crippen molar-refractivity contribution in [2.24, 2.45) is 0 Å². The first-order valence-corrected chi connectivity index (χ1v) is 11.7. The Hall–Kier alpha value is -3.85. The maximum Gasteiger partial charge on any atom is 0.161 e. The lowest BCUT2D eigenvalue weighted by atomic mass is 9.82. The molecule has 0 aliphatic heterocycles. The zero-order valence-corrected chi connectivity index (χ0v) is 20.2. The van der Waals surface area contributed by atoms with Crippen LogP contribution in [0.3, 0.4) is 0 Å². The van der Waals surface area contributed by atoms with Crippen molar-refractivity contribution in [3.05, 3.63) is 89.8 Å². The Balaban J connectivity index is 1.59. The fraction of sp³-hybridized carbons (Fsp3) is 0.194. The van der Waals surface area contributed by atoms with E-state index in [9.17, 15) is 0 Å². The monoisotopic (exact) mass is 445 g/mol. The maximum absolute atomic E-state index is 6.56. The average Bonchev–Trinajstić information content (AvgIpc) is 3.37. The summed E-state index contributed by atoms with van der Waals surface area (Å²) in [6.45, 7) is 10.9. The highest BCUT2D eigenvalue weighted by atomic mass is 16.3. The van der Waals surface area contributed by atoms with Crippen LogP contribution in [0, 0.1) is 13.8 Å². The topological polar surface area (TPSA) is 39.2 Å². The highest BCUT2D eigenvalue weighted by Crippen LogP contribution is 2.40. The van der Waals surface area contributed by atoms with Gasteiger partial charge in [-0.15, -0.1) is 0 Å². The van der Waals surface area contributed by atoms with Crippen LogP contribution in [0.2, 0.25) is 0 Å². The second-order valence-corrected chi connectivity index (χ2v) is 10.2. The number of fused-ring (bicyclic) bond motifs is 3. The Morgan fingerprint density at radius 2 is 1.62 bits per heavy atom. The maximum atomic E-state index is 6.56. The third kappa shape index (κ3) is 3.15. The second kappa shape index (κ2) is 7.33. The molecule has 168 valence electrons. The Kier molecular flexibility index (Phi) is 4.47. The van der Waals surface area contributed by atoms with Crippen molar-refractivity contribution >= 4 is 32.7 Å². The lowest BCUT2D eigenvalue weighted by molar-refractivity contribution is 0.596. The lowest BCUT2D eigenvalue weighted by Gasteiger charge is -2.22. The number of hydrogen-bond donors (Lipinski definition) is 0. The molecule has 6 rings (SSSR count). The van der Waals surface area contributed by atoms with Crippen molar-refractivity contribution in [2.75, 3.05) is 0 Å². The van der Waals surface area contributed by atoms with Gasteiger partial charge in [0.1, 0.15) is 17.0 Å². The molecule has 3 nitrogen and oxygen atoms in total. The van der Waals surface area contributed by atoms with Crippen LogP contribution in [0.5, 0.6) is 0 Å². The smallest absolute Gasteiger partial charge is 0.161 e. The van der Waals surface area contributed by atoms with E-state index in [-0.39, 0.29) is 5.41 Å². The first kappa shape index (κ1) is 20.7. The normalized spacial score (nSPS) is 12.3. The van der Waals surface area contributed by atoms with Gasteiger partial charge >= 0.3 is 0 Å². The van der Waals surface area contributed by atoms with Crippen molar-refractivity contribution in [1.29, 1.82) is 0 Å². The highest BCUT2D eigenvalue weighted by Gasteiger charge is 2.22. The summed E-state index contributed by atoms with van der Waals surface area (Å²) in [5.74, 6) is 0.858. The fourth-order valence-electron chi connectivity index (χ4n) is 5.00. The Bertz CT molecular complexity index is 1710. The summed E-state index contributed by atoms with van der Waals surface area (Å²) < 4.78 is 12.3. The molecule has 0 aliphatic carbocycles. The number of hydrogen-bond acceptors (Lipinski definition) is 3. The van der Waals surface area contributed by atoms with Crippen LogP contribution in [-0.4, -0.2) is 4.98 Å². The number of furan rings is 2. The number of pyridine rings is 1. The number of nitrogens with zero attached hydrogens (tertiary/aromatic N) is 1. The fourth-order valence-corrected chi connectivity index (χ4v) is 5.00. The summed E-state index contributed by atoms with van der Waals surface area (Å²) in [7, 11) is 0. The molecule has 3 aromatic heterocycles. The molecule has 3 aromatic carbocycles. The van der Waals surface area contributed by atoms with Crippen molar-refractivity contribution in [1.82, 2.24) is 4.98 Å². The Morgan fingerprint density at radius 1 is 0.794 bits per heavy atom. The van der Waals surface area contributed by atoms with Gasteiger partial charge in [0.05, 0.1) is 6.26 Å². The van der Waals surface area contributed by atoms with E-state index < -0.39 is 0 Å². The number of benzene rings is 3. The van der Waals surface area contributed by atoms with Crippen molar-refractivity contribution in [3.8, 4) is 22.6 Å². The van der Waals surface area contributed by atoms with E-state index in [2.05, 4.69) is 89.2 Å². The highest BCUT2D eigenvalue weighted by molar-refractivity contribution is 5.99. The predicted octanol–water partition coefficient (Wildman–Crippen LogP) is 8.98. The second-order valence-electron chi connectivity index (χ2n) is 10.2. The molecule has 0 fully saturated rings. The van der Waals surface area contributed by atoms with Crippen LogP contribution in [0.25, 0.3) is 55.3 Å². The molecule has 34 heavy (non-hydrogen) atoms. The number of aryl methyl sites for hydroxylation is 2. The van der Waals surface area contributed by atoms with Crippen LogP contribution < -0.4 is 0 Å². The molecular weight excluding hydrogens is 418 g/mol. The van der Waals surface area contributed by atoms with E-state index >= 15 is 0 Å². The molecule has 0 saturated heterocycles. The van der Waals surface area contributed by atoms with Gasteiger partial charge in [0.25, 0.3) is 0 Å². The number of rotatable bonds is 2. The lowest BCUT2D eigenvalue weighted by Crippen LogP contribution is -2.12. The summed E-state index contributed by atoms with van der Waals surface area (Å²) in [6.07, 6.45) is 3.68. The van der Waals surface area contributed by atoms with E-state index in [1.165, 1.54) is 16.3 Å². The zero-order chi connectivity index (χ0) is 23.6. The molecule has 3 heteroatoms. The minimum Gasteiger partial charge on any atom is -0.464 e. The molecule has 0 bridgehead atoms. The van der Waals surface area contributed by atoms with Crippen LogP contribution >= 0.6 is 0 Å². The first-order chi connectivity index (χ1) is 16.3. The van der Waals surface area contributed by atoms with Gasteiger partial charge in [-0.05, 0) is 65.4 Å². The quantitative estimate of drug-likeness (QED) is 0.267. The van der Waals surface area contributed by atoms with Gasteiger partial charge < -0.3 is 8.83 Å². The van der Waals surface area contributed by atoms with E-state index in [0.717, 1.165) is 55.6 Å². The van der Waals surface area contributed by atoms with Gasteiger partial charge in [0, 0.05) is 33.7 Å². The molecule has 0 unspecified atom stereocenters. The molecular formula is C31H27NO2. The van der Waals surface area contributed by atoms with E-state index in [0.29, 0.717) is 0 Å². The minimum atomic E-state index is 0.00430.